The molecule has 0 aromatic carbocycles. The minimum absolute atomic E-state index is 0.285. The van der Waals surface area contributed by atoms with Crippen molar-refractivity contribution < 1.29 is 14.3 Å². The molecule has 22 heavy (non-hydrogen) atoms. The van der Waals surface area contributed by atoms with Crippen molar-refractivity contribution >= 4 is 23.8 Å². The molecule has 9 heteroatoms. The summed E-state index contributed by atoms with van der Waals surface area (Å²) in [5.74, 6) is -0.0139. The molecule has 2 N–H and O–H groups in total. The van der Waals surface area contributed by atoms with Gasteiger partial charge in [0.2, 0.25) is 0 Å². The van der Waals surface area contributed by atoms with Crippen LogP contribution in [-0.4, -0.2) is 45.2 Å². The van der Waals surface area contributed by atoms with Crippen LogP contribution in [0, 0.1) is 0 Å². The molecule has 0 saturated carbocycles. The van der Waals surface area contributed by atoms with Crippen molar-refractivity contribution in [2.45, 2.75) is 38.5 Å². The van der Waals surface area contributed by atoms with E-state index in [1.807, 2.05) is 11.5 Å². The van der Waals surface area contributed by atoms with Crippen LogP contribution in [0.3, 0.4) is 0 Å². The SMILES string of the molecule is CCOC(=O)C1=C(CSc2nncn2CC)NC(=O)NC1C. The van der Waals surface area contributed by atoms with Gasteiger partial charge in [-0.25, -0.2) is 9.59 Å². The van der Waals surface area contributed by atoms with E-state index >= 15 is 0 Å². The number of amides is 2. The number of aromatic nitrogens is 3. The molecule has 1 aliphatic rings. The van der Waals surface area contributed by atoms with E-state index in [9.17, 15) is 9.59 Å². The molecule has 8 nitrogen and oxygen atoms in total. The molecule has 1 aromatic rings. The lowest BCUT2D eigenvalue weighted by molar-refractivity contribution is -0.138. The number of aryl methyl sites for hydroxylation is 1. The highest BCUT2D eigenvalue weighted by molar-refractivity contribution is 7.99. The Morgan fingerprint density at radius 1 is 1.50 bits per heavy atom. The zero-order valence-electron chi connectivity index (χ0n) is 12.8. The van der Waals surface area contributed by atoms with E-state index in [0.29, 0.717) is 17.0 Å². The first-order valence-corrected chi connectivity index (χ1v) is 8.03. The Kier molecular flexibility index (Phi) is 5.42. The Bertz CT molecular complexity index is 598. The van der Waals surface area contributed by atoms with Crippen LogP contribution in [0.15, 0.2) is 22.8 Å². The quantitative estimate of drug-likeness (QED) is 0.596. The van der Waals surface area contributed by atoms with Gasteiger partial charge in [-0.3, -0.25) is 0 Å². The van der Waals surface area contributed by atoms with Crippen LogP contribution in [0.4, 0.5) is 4.79 Å². The number of nitrogens with one attached hydrogen (secondary N) is 2. The maximum atomic E-state index is 12.1. The van der Waals surface area contributed by atoms with Crippen LogP contribution in [0.1, 0.15) is 20.8 Å². The van der Waals surface area contributed by atoms with Gasteiger partial charge in [0.1, 0.15) is 6.33 Å². The average Bonchev–Trinajstić information content (AvgIpc) is 2.92. The fraction of sp³-hybridized carbons (Fsp3) is 0.538. The Hall–Kier alpha value is -2.03. The van der Waals surface area contributed by atoms with Crippen LogP contribution < -0.4 is 10.6 Å². The minimum atomic E-state index is -0.421. The molecule has 1 aromatic heterocycles. The summed E-state index contributed by atoms with van der Waals surface area (Å²) in [6.45, 7) is 6.53. The third-order valence-electron chi connectivity index (χ3n) is 3.13. The third-order valence-corrected chi connectivity index (χ3v) is 4.14. The number of hydrogen-bond acceptors (Lipinski definition) is 6. The van der Waals surface area contributed by atoms with E-state index < -0.39 is 12.0 Å². The smallest absolute Gasteiger partial charge is 0.337 e. The van der Waals surface area contributed by atoms with Gasteiger partial charge in [-0.05, 0) is 20.8 Å². The maximum absolute atomic E-state index is 12.1. The first-order valence-electron chi connectivity index (χ1n) is 7.05. The molecular weight excluding hydrogens is 306 g/mol. The van der Waals surface area contributed by atoms with E-state index in [2.05, 4.69) is 20.8 Å². The number of rotatable bonds is 6. The summed E-state index contributed by atoms with van der Waals surface area (Å²) >= 11 is 1.41. The topological polar surface area (TPSA) is 98.1 Å². The van der Waals surface area contributed by atoms with E-state index in [0.717, 1.165) is 11.7 Å². The molecule has 1 atom stereocenters. The van der Waals surface area contributed by atoms with Crippen molar-refractivity contribution in [3.8, 4) is 0 Å². The summed E-state index contributed by atoms with van der Waals surface area (Å²) in [7, 11) is 0. The highest BCUT2D eigenvalue weighted by atomic mass is 32.2. The summed E-state index contributed by atoms with van der Waals surface area (Å²) in [5, 5.41) is 14.0. The number of ether oxygens (including phenoxy) is 1. The van der Waals surface area contributed by atoms with Crippen molar-refractivity contribution in [2.75, 3.05) is 12.4 Å². The van der Waals surface area contributed by atoms with E-state index in [4.69, 9.17) is 4.74 Å². The van der Waals surface area contributed by atoms with Crippen molar-refractivity contribution in [3.63, 3.8) is 0 Å². The number of urea groups is 1. The van der Waals surface area contributed by atoms with Crippen molar-refractivity contribution in [2.24, 2.45) is 0 Å². The number of hydrogen-bond donors (Lipinski definition) is 2. The Balaban J connectivity index is 2.20. The summed E-state index contributed by atoms with van der Waals surface area (Å²) in [5.41, 5.74) is 0.988. The Morgan fingerprint density at radius 2 is 2.27 bits per heavy atom. The maximum Gasteiger partial charge on any atom is 0.337 e. The zero-order chi connectivity index (χ0) is 16.1. The number of esters is 1. The molecule has 2 heterocycles. The molecule has 0 fully saturated rings. The van der Waals surface area contributed by atoms with Crippen LogP contribution in [0.2, 0.25) is 0 Å². The van der Waals surface area contributed by atoms with Crippen LogP contribution in [0.25, 0.3) is 0 Å². The predicted octanol–water partition coefficient (Wildman–Crippen LogP) is 0.909. The van der Waals surface area contributed by atoms with Crippen molar-refractivity contribution in [3.05, 3.63) is 17.6 Å². The molecule has 0 saturated heterocycles. The first kappa shape index (κ1) is 16.3. The largest absolute Gasteiger partial charge is 0.463 e. The monoisotopic (exact) mass is 325 g/mol. The predicted molar refractivity (Wildman–Crippen MR) is 81.2 cm³/mol. The van der Waals surface area contributed by atoms with Crippen LogP contribution in [-0.2, 0) is 16.1 Å². The Morgan fingerprint density at radius 3 is 2.95 bits per heavy atom. The summed E-state index contributed by atoms with van der Waals surface area (Å²) in [6, 6.07) is -0.722. The van der Waals surface area contributed by atoms with E-state index in [1.165, 1.54) is 11.8 Å². The van der Waals surface area contributed by atoms with Gasteiger partial charge in [0.25, 0.3) is 0 Å². The van der Waals surface area contributed by atoms with Gasteiger partial charge >= 0.3 is 12.0 Å². The lowest BCUT2D eigenvalue weighted by atomic mass is 10.1. The molecule has 1 aliphatic heterocycles. The van der Waals surface area contributed by atoms with Crippen molar-refractivity contribution in [1.29, 1.82) is 0 Å². The number of nitrogens with zero attached hydrogens (tertiary/aromatic N) is 3. The lowest BCUT2D eigenvalue weighted by Crippen LogP contribution is -2.49. The highest BCUT2D eigenvalue weighted by Gasteiger charge is 2.29. The second kappa shape index (κ2) is 7.30. The van der Waals surface area contributed by atoms with Gasteiger partial charge in [-0.1, -0.05) is 11.8 Å². The normalized spacial score (nSPS) is 18.0. The highest BCUT2D eigenvalue weighted by Crippen LogP contribution is 2.22. The zero-order valence-corrected chi connectivity index (χ0v) is 13.6. The van der Waals surface area contributed by atoms with Gasteiger partial charge in [-0.2, -0.15) is 0 Å². The molecule has 0 spiro atoms. The molecule has 0 aliphatic carbocycles. The second-order valence-electron chi connectivity index (χ2n) is 4.62. The van der Waals surface area contributed by atoms with Crippen molar-refractivity contribution in [1.82, 2.24) is 25.4 Å². The van der Waals surface area contributed by atoms with Gasteiger partial charge in [0.05, 0.1) is 18.2 Å². The molecule has 2 amide bonds. The molecule has 2 rings (SSSR count). The van der Waals surface area contributed by atoms with Gasteiger partial charge in [0.15, 0.2) is 5.16 Å². The van der Waals surface area contributed by atoms with Gasteiger partial charge in [-0.15, -0.1) is 10.2 Å². The molecule has 1 unspecified atom stereocenters. The second-order valence-corrected chi connectivity index (χ2v) is 5.56. The molecule has 0 radical (unpaired) electrons. The van der Waals surface area contributed by atoms with Gasteiger partial charge < -0.3 is 19.9 Å². The van der Waals surface area contributed by atoms with Crippen LogP contribution in [0.5, 0.6) is 0 Å². The Labute approximate surface area is 132 Å². The molecule has 120 valence electrons. The fourth-order valence-corrected chi connectivity index (χ4v) is 3.05. The minimum Gasteiger partial charge on any atom is -0.463 e. The molecule has 0 bridgehead atoms. The summed E-state index contributed by atoms with van der Waals surface area (Å²) in [6.07, 6.45) is 1.65. The molecular formula is C13H19N5O3S. The van der Waals surface area contributed by atoms with Crippen LogP contribution >= 0.6 is 11.8 Å². The standard InChI is InChI=1S/C13H19N5O3S/c1-4-18-7-14-17-13(18)22-6-9-10(11(19)21-5-2)8(3)15-12(20)16-9/h7-8H,4-6H2,1-3H3,(H2,15,16,20). The fourth-order valence-electron chi connectivity index (χ4n) is 2.10. The first-order chi connectivity index (χ1) is 10.6. The van der Waals surface area contributed by atoms with E-state index in [-0.39, 0.29) is 12.6 Å². The van der Waals surface area contributed by atoms with Gasteiger partial charge in [0, 0.05) is 18.0 Å². The summed E-state index contributed by atoms with van der Waals surface area (Å²) in [4.78, 5) is 23.7. The number of carbonyl (C=O) groups is 2. The summed E-state index contributed by atoms with van der Waals surface area (Å²) < 4.78 is 6.96. The number of thioether (sulfide) groups is 1. The number of carbonyl (C=O) groups excluding carboxylic acids is 2. The third kappa shape index (κ3) is 3.59. The van der Waals surface area contributed by atoms with E-state index in [1.54, 1.807) is 20.2 Å². The lowest BCUT2D eigenvalue weighted by Gasteiger charge is -2.26. The average molecular weight is 325 g/mol.